The Kier molecular flexibility index (Phi) is 3.54. The number of halogens is 1. The molecule has 118 valence electrons. The summed E-state index contributed by atoms with van der Waals surface area (Å²) in [6.45, 7) is 2.07. The highest BCUT2D eigenvalue weighted by molar-refractivity contribution is 6.31. The third kappa shape index (κ3) is 2.82. The Bertz CT molecular complexity index is 594. The van der Waals surface area contributed by atoms with Crippen molar-refractivity contribution in [1.29, 1.82) is 0 Å². The van der Waals surface area contributed by atoms with E-state index >= 15 is 0 Å². The Hall–Kier alpha value is -1.26. The maximum atomic E-state index is 12.6. The van der Waals surface area contributed by atoms with E-state index in [1.165, 1.54) is 12.8 Å². The minimum absolute atomic E-state index is 0.156. The minimum atomic E-state index is 0.156. The van der Waals surface area contributed by atoms with E-state index in [0.717, 1.165) is 43.7 Å². The second-order valence-corrected chi connectivity index (χ2v) is 7.40. The molecular weight excluding hydrogens is 298 g/mol. The van der Waals surface area contributed by atoms with Crippen molar-refractivity contribution in [3.63, 3.8) is 0 Å². The highest BCUT2D eigenvalue weighted by atomic mass is 35.5. The Morgan fingerprint density at radius 2 is 2.00 bits per heavy atom. The second kappa shape index (κ2) is 5.43. The van der Waals surface area contributed by atoms with Crippen LogP contribution in [-0.4, -0.2) is 25.0 Å². The van der Waals surface area contributed by atoms with Crippen molar-refractivity contribution < 1.29 is 4.79 Å². The van der Waals surface area contributed by atoms with Gasteiger partial charge in [0.2, 0.25) is 5.91 Å². The van der Waals surface area contributed by atoms with Gasteiger partial charge in [0.25, 0.3) is 0 Å². The molecule has 22 heavy (non-hydrogen) atoms. The lowest BCUT2D eigenvalue weighted by atomic mass is 9.92. The van der Waals surface area contributed by atoms with Crippen molar-refractivity contribution in [2.24, 2.45) is 11.3 Å². The largest absolute Gasteiger partial charge is 0.381 e. The summed E-state index contributed by atoms with van der Waals surface area (Å²) in [5.41, 5.74) is 2.07. The number of nitrogens with one attached hydrogen (secondary N) is 3. The van der Waals surface area contributed by atoms with Gasteiger partial charge >= 0.3 is 0 Å². The summed E-state index contributed by atoms with van der Waals surface area (Å²) in [6.07, 6.45) is 5.68. The molecule has 5 heteroatoms. The molecule has 1 amide bonds. The lowest BCUT2D eigenvalue weighted by Crippen LogP contribution is -2.31. The number of hydrogen-bond donors (Lipinski definition) is 3. The fourth-order valence-corrected chi connectivity index (χ4v) is 3.78. The first kappa shape index (κ1) is 14.3. The first-order valence-electron chi connectivity index (χ1n) is 8.24. The van der Waals surface area contributed by atoms with Gasteiger partial charge in [-0.15, -0.1) is 0 Å². The fourth-order valence-electron chi connectivity index (χ4n) is 3.61. The summed E-state index contributed by atoms with van der Waals surface area (Å²) in [7, 11) is 0. The number of hydrogen-bond acceptors (Lipinski definition) is 3. The van der Waals surface area contributed by atoms with Crippen LogP contribution >= 0.6 is 11.6 Å². The molecule has 1 saturated heterocycles. The van der Waals surface area contributed by atoms with Crippen LogP contribution in [0.5, 0.6) is 0 Å². The molecule has 1 unspecified atom stereocenters. The molecule has 1 atom stereocenters. The predicted molar refractivity (Wildman–Crippen MR) is 89.4 cm³/mol. The number of rotatable bonds is 4. The minimum Gasteiger partial charge on any atom is -0.381 e. The predicted octanol–water partition coefficient (Wildman–Crippen LogP) is 3.24. The van der Waals surface area contributed by atoms with Crippen LogP contribution in [0.25, 0.3) is 0 Å². The summed E-state index contributed by atoms with van der Waals surface area (Å²) >= 11 is 6.10. The summed E-state index contributed by atoms with van der Waals surface area (Å²) in [4.78, 5) is 12.6. The van der Waals surface area contributed by atoms with Crippen molar-refractivity contribution in [2.75, 3.05) is 23.7 Å². The van der Waals surface area contributed by atoms with Crippen LogP contribution in [0.15, 0.2) is 18.2 Å². The van der Waals surface area contributed by atoms with Gasteiger partial charge in [-0.25, -0.2) is 0 Å². The van der Waals surface area contributed by atoms with Gasteiger partial charge in [0.05, 0.1) is 11.4 Å². The molecule has 1 aromatic rings. The van der Waals surface area contributed by atoms with Crippen LogP contribution in [-0.2, 0) is 4.79 Å². The zero-order chi connectivity index (χ0) is 15.2. The molecule has 2 aliphatic carbocycles. The maximum absolute atomic E-state index is 12.6. The van der Waals surface area contributed by atoms with Crippen LogP contribution in [0.4, 0.5) is 11.4 Å². The van der Waals surface area contributed by atoms with E-state index < -0.39 is 0 Å². The van der Waals surface area contributed by atoms with Gasteiger partial charge in [0, 0.05) is 17.0 Å². The molecule has 4 rings (SSSR count). The summed E-state index contributed by atoms with van der Waals surface area (Å²) in [5, 5.41) is 10.6. The van der Waals surface area contributed by atoms with Crippen LogP contribution in [0.1, 0.15) is 32.1 Å². The first-order chi connectivity index (χ1) is 10.7. The number of carbonyl (C=O) groups excluding carboxylic acids is 1. The average molecular weight is 320 g/mol. The molecule has 1 spiro atoms. The van der Waals surface area contributed by atoms with Gasteiger partial charge in [0.1, 0.15) is 0 Å². The number of carbonyl (C=O) groups is 1. The van der Waals surface area contributed by atoms with Gasteiger partial charge in [-0.05, 0) is 68.8 Å². The lowest BCUT2D eigenvalue weighted by molar-refractivity contribution is -0.118. The van der Waals surface area contributed by atoms with Crippen molar-refractivity contribution in [2.45, 2.75) is 38.1 Å². The van der Waals surface area contributed by atoms with Crippen molar-refractivity contribution in [1.82, 2.24) is 5.32 Å². The molecule has 1 aromatic carbocycles. The molecule has 3 N–H and O–H groups in total. The second-order valence-electron chi connectivity index (χ2n) is 6.97. The number of amides is 1. The quantitative estimate of drug-likeness (QED) is 0.798. The molecule has 3 fully saturated rings. The molecule has 0 radical (unpaired) electrons. The molecule has 1 aliphatic heterocycles. The highest BCUT2D eigenvalue weighted by Crippen LogP contribution is 2.58. The van der Waals surface area contributed by atoms with Crippen LogP contribution in [0.3, 0.4) is 0 Å². The Morgan fingerprint density at radius 3 is 2.73 bits per heavy atom. The van der Waals surface area contributed by atoms with Gasteiger partial charge in [-0.1, -0.05) is 11.6 Å². The first-order valence-corrected chi connectivity index (χ1v) is 8.62. The zero-order valence-electron chi connectivity index (χ0n) is 12.6. The van der Waals surface area contributed by atoms with E-state index in [0.29, 0.717) is 11.1 Å². The van der Waals surface area contributed by atoms with Crippen molar-refractivity contribution >= 4 is 28.9 Å². The molecule has 1 heterocycles. The van der Waals surface area contributed by atoms with Gasteiger partial charge in [0.15, 0.2) is 0 Å². The summed E-state index contributed by atoms with van der Waals surface area (Å²) in [6, 6.07) is 6.23. The lowest BCUT2D eigenvalue weighted by Gasteiger charge is -2.23. The third-order valence-corrected chi connectivity index (χ3v) is 5.52. The third-order valence-electron chi connectivity index (χ3n) is 5.28. The Balaban J connectivity index is 1.46. The summed E-state index contributed by atoms with van der Waals surface area (Å²) in [5.74, 6) is 0.324. The van der Waals surface area contributed by atoms with Gasteiger partial charge in [-0.3, -0.25) is 4.79 Å². The highest BCUT2D eigenvalue weighted by Gasteiger charge is 2.57. The monoisotopic (exact) mass is 319 g/mol. The standard InChI is InChI=1S/C17H22ClN3O/c18-11-1-4-14(20-12-2-3-12)15(9-11)21-16(22)13-10-17(13)5-7-19-8-6-17/h1,4,9,12-13,19-20H,2-3,5-8,10H2,(H,21,22). The molecule has 0 aromatic heterocycles. The van der Waals surface area contributed by atoms with Crippen molar-refractivity contribution in [3.8, 4) is 0 Å². The number of anilines is 2. The van der Waals surface area contributed by atoms with Crippen molar-refractivity contribution in [3.05, 3.63) is 23.2 Å². The smallest absolute Gasteiger partial charge is 0.228 e. The average Bonchev–Trinajstić information content (AvgIpc) is 3.41. The molecule has 0 bridgehead atoms. The molecule has 2 saturated carbocycles. The van der Waals surface area contributed by atoms with Crippen LogP contribution < -0.4 is 16.0 Å². The van der Waals surface area contributed by atoms with E-state index in [9.17, 15) is 4.79 Å². The van der Waals surface area contributed by atoms with Gasteiger partial charge in [-0.2, -0.15) is 0 Å². The van der Waals surface area contributed by atoms with E-state index in [1.54, 1.807) is 0 Å². The Labute approximate surface area is 136 Å². The maximum Gasteiger partial charge on any atom is 0.228 e. The van der Waals surface area contributed by atoms with E-state index in [-0.39, 0.29) is 17.2 Å². The van der Waals surface area contributed by atoms with Gasteiger partial charge < -0.3 is 16.0 Å². The van der Waals surface area contributed by atoms with Crippen LogP contribution in [0, 0.1) is 11.3 Å². The topological polar surface area (TPSA) is 53.2 Å². The molecular formula is C17H22ClN3O. The van der Waals surface area contributed by atoms with E-state index in [2.05, 4.69) is 16.0 Å². The normalized spacial score (nSPS) is 25.8. The molecule has 3 aliphatic rings. The zero-order valence-corrected chi connectivity index (χ0v) is 13.4. The number of piperidine rings is 1. The Morgan fingerprint density at radius 1 is 1.23 bits per heavy atom. The van der Waals surface area contributed by atoms with Crippen LogP contribution in [0.2, 0.25) is 5.02 Å². The number of benzene rings is 1. The van der Waals surface area contributed by atoms with E-state index in [1.807, 2.05) is 18.2 Å². The fraction of sp³-hybridized carbons (Fsp3) is 0.588. The molecule has 4 nitrogen and oxygen atoms in total. The summed E-state index contributed by atoms with van der Waals surface area (Å²) < 4.78 is 0. The SMILES string of the molecule is O=C(Nc1cc(Cl)ccc1NC1CC1)C1CC12CCNCC2. The van der Waals surface area contributed by atoms with E-state index in [4.69, 9.17) is 11.6 Å².